The molecule has 248 valence electrons. The Hall–Kier alpha value is -1.31. The quantitative estimate of drug-likeness (QED) is 0.269. The van der Waals surface area contributed by atoms with Gasteiger partial charge in [-0.05, 0) is 130 Å². The summed E-state index contributed by atoms with van der Waals surface area (Å²) in [6.07, 6.45) is 12.1. The summed E-state index contributed by atoms with van der Waals surface area (Å²) in [7, 11) is 0. The van der Waals surface area contributed by atoms with Crippen LogP contribution in [0.3, 0.4) is 0 Å². The van der Waals surface area contributed by atoms with Crippen LogP contribution in [0, 0.1) is 58.2 Å². The molecule has 0 aliphatic heterocycles. The molecule has 8 aliphatic rings. The van der Waals surface area contributed by atoms with E-state index in [1.54, 1.807) is 22.8 Å². The lowest BCUT2D eigenvalue weighted by molar-refractivity contribution is -0.166. The van der Waals surface area contributed by atoms with Crippen molar-refractivity contribution in [2.75, 3.05) is 6.61 Å². The van der Waals surface area contributed by atoms with E-state index in [0.717, 1.165) is 31.3 Å². The van der Waals surface area contributed by atoms with E-state index in [1.807, 2.05) is 0 Å². The predicted molar refractivity (Wildman–Crippen MR) is 172 cm³/mol. The molecule has 0 spiro atoms. The largest absolute Gasteiger partial charge is 0.396 e. The maximum Gasteiger partial charge on any atom is 0.159 e. The summed E-state index contributed by atoms with van der Waals surface area (Å²) in [6.45, 7) is 6.56. The minimum atomic E-state index is -1.31. The summed E-state index contributed by atoms with van der Waals surface area (Å²) in [6, 6.07) is 0. The van der Waals surface area contributed by atoms with Crippen LogP contribution >= 0.6 is 0 Å². The van der Waals surface area contributed by atoms with Gasteiger partial charge in [0.15, 0.2) is 5.78 Å². The zero-order chi connectivity index (χ0) is 31.6. The average Bonchev–Trinajstić information content (AvgIpc) is 3.33. The number of fused-ring (bicyclic) bond motifs is 7. The lowest BCUT2D eigenvalue weighted by Crippen LogP contribution is -2.63. The number of aliphatic hydroxyl groups excluding tert-OH is 4. The van der Waals surface area contributed by atoms with Crippen LogP contribution in [0.1, 0.15) is 111 Å². The lowest BCUT2D eigenvalue weighted by atomic mass is 9.44. The summed E-state index contributed by atoms with van der Waals surface area (Å²) < 4.78 is 0. The number of hydrogen-bond acceptors (Lipinski definition) is 6. The van der Waals surface area contributed by atoms with E-state index in [9.17, 15) is 30.3 Å². The minimum absolute atomic E-state index is 0.00908. The fourth-order valence-corrected chi connectivity index (χ4v) is 13.7. The molecular weight excluding hydrogens is 564 g/mol. The highest BCUT2D eigenvalue weighted by molar-refractivity contribution is 5.95. The van der Waals surface area contributed by atoms with Gasteiger partial charge >= 0.3 is 0 Å². The second-order valence-electron chi connectivity index (χ2n) is 17.4. The van der Waals surface area contributed by atoms with Crippen molar-refractivity contribution in [1.29, 1.82) is 0 Å². The molecule has 0 saturated heterocycles. The molecule has 0 aromatic rings. The van der Waals surface area contributed by atoms with Crippen LogP contribution in [0.2, 0.25) is 0 Å². The summed E-state index contributed by atoms with van der Waals surface area (Å²) in [5.41, 5.74) is 4.50. The molecule has 6 heteroatoms. The van der Waals surface area contributed by atoms with Crippen molar-refractivity contribution in [3.63, 3.8) is 0 Å². The van der Waals surface area contributed by atoms with Gasteiger partial charge in [0.25, 0.3) is 0 Å². The van der Waals surface area contributed by atoms with Gasteiger partial charge in [-0.15, -0.1) is 0 Å². The van der Waals surface area contributed by atoms with Gasteiger partial charge in [-0.2, -0.15) is 0 Å². The summed E-state index contributed by atoms with van der Waals surface area (Å²) in [5.74, 6) is 0.977. The van der Waals surface area contributed by atoms with Gasteiger partial charge in [0.1, 0.15) is 0 Å². The Kier molecular flexibility index (Phi) is 7.29. The van der Waals surface area contributed by atoms with Crippen LogP contribution in [0.15, 0.2) is 33.9 Å². The van der Waals surface area contributed by atoms with Gasteiger partial charge < -0.3 is 25.5 Å². The van der Waals surface area contributed by atoms with Crippen LogP contribution in [0.5, 0.6) is 0 Å². The van der Waals surface area contributed by atoms with Gasteiger partial charge in [-0.1, -0.05) is 49.5 Å². The standard InChI is InChI=1S/C39H56O6/c1-20(2)33-23-9-5-4-8-22(23)24-10-6-7-21-15-25(36(44)35(33)34(21)24)26-12-14-39(45)28-16-30(41)29-17-31(42)32(43)18-37(29,3)27(28)11-13-38(26,39)19-40/h16,20-22,25-27,29,31-32,35-36,40,42-45H,4-15,17-19H2,1-3H3. The molecule has 0 amide bonds. The molecule has 13 atom stereocenters. The van der Waals surface area contributed by atoms with Gasteiger partial charge in [0, 0.05) is 23.2 Å². The van der Waals surface area contributed by atoms with E-state index in [2.05, 4.69) is 20.8 Å². The molecule has 0 radical (unpaired) electrons. The number of carbonyl (C=O) groups excluding carboxylic acids is 1. The molecule has 0 bridgehead atoms. The zero-order valence-electron chi connectivity index (χ0n) is 27.7. The molecule has 0 aromatic heterocycles. The third-order valence-corrected chi connectivity index (χ3v) is 15.5. The Labute approximate surface area is 269 Å². The Morgan fingerprint density at radius 2 is 1.69 bits per heavy atom. The first-order valence-electron chi connectivity index (χ1n) is 18.6. The fourth-order valence-electron chi connectivity index (χ4n) is 13.7. The van der Waals surface area contributed by atoms with Gasteiger partial charge in [-0.25, -0.2) is 0 Å². The number of aliphatic hydroxyl groups is 5. The van der Waals surface area contributed by atoms with Crippen LogP contribution in [-0.2, 0) is 4.79 Å². The molecule has 6 nitrogen and oxygen atoms in total. The summed E-state index contributed by atoms with van der Waals surface area (Å²) in [5, 5.41) is 58.1. The average molecular weight is 621 g/mol. The smallest absolute Gasteiger partial charge is 0.159 e. The predicted octanol–water partition coefficient (Wildman–Crippen LogP) is 5.41. The molecule has 45 heavy (non-hydrogen) atoms. The first-order valence-corrected chi connectivity index (χ1v) is 18.6. The molecule has 0 heterocycles. The molecule has 8 rings (SSSR count). The van der Waals surface area contributed by atoms with Crippen molar-refractivity contribution in [1.82, 2.24) is 0 Å². The SMILES string of the molecule is CC(C)C1=C2CCCCC2C2=C3C(CCC2)CC(C2CCC4(O)C5=CC(=O)C6CC(O)C(O)CC6(C)C5CCC24CO)C(O)C13. The van der Waals surface area contributed by atoms with E-state index in [-0.39, 0.29) is 48.4 Å². The van der Waals surface area contributed by atoms with Crippen molar-refractivity contribution in [3.8, 4) is 0 Å². The lowest BCUT2D eigenvalue weighted by Gasteiger charge is -2.61. The monoisotopic (exact) mass is 620 g/mol. The van der Waals surface area contributed by atoms with Crippen molar-refractivity contribution in [3.05, 3.63) is 33.9 Å². The molecule has 0 aromatic carbocycles. The maximum atomic E-state index is 13.7. The third kappa shape index (κ3) is 4.01. The van der Waals surface area contributed by atoms with E-state index >= 15 is 0 Å². The first-order chi connectivity index (χ1) is 21.5. The number of rotatable bonds is 3. The molecule has 5 saturated carbocycles. The normalized spacial score (nSPS) is 50.9. The van der Waals surface area contributed by atoms with Crippen molar-refractivity contribution in [2.45, 2.75) is 135 Å². The Morgan fingerprint density at radius 1 is 0.911 bits per heavy atom. The highest BCUT2D eigenvalue weighted by atomic mass is 16.3. The minimum Gasteiger partial charge on any atom is -0.396 e. The van der Waals surface area contributed by atoms with Gasteiger partial charge in [0.05, 0.1) is 30.5 Å². The highest BCUT2D eigenvalue weighted by Crippen LogP contribution is 2.70. The van der Waals surface area contributed by atoms with Crippen molar-refractivity contribution < 1.29 is 30.3 Å². The molecule has 5 fully saturated rings. The fraction of sp³-hybridized carbons (Fsp3) is 0.821. The molecular formula is C39H56O6. The number of allylic oxidation sites excluding steroid dienone is 3. The van der Waals surface area contributed by atoms with Crippen LogP contribution in [0.25, 0.3) is 0 Å². The Balaban J connectivity index is 1.19. The topological polar surface area (TPSA) is 118 Å². The van der Waals surface area contributed by atoms with Crippen molar-refractivity contribution >= 4 is 5.78 Å². The second kappa shape index (κ2) is 10.6. The van der Waals surface area contributed by atoms with E-state index in [4.69, 9.17) is 0 Å². The number of carbonyl (C=O) groups is 1. The number of hydrogen-bond donors (Lipinski definition) is 5. The van der Waals surface area contributed by atoms with E-state index in [0.29, 0.717) is 37.0 Å². The molecule has 8 aliphatic carbocycles. The van der Waals surface area contributed by atoms with E-state index < -0.39 is 34.7 Å². The van der Waals surface area contributed by atoms with Gasteiger partial charge in [0.2, 0.25) is 0 Å². The van der Waals surface area contributed by atoms with E-state index in [1.165, 1.54) is 44.1 Å². The van der Waals surface area contributed by atoms with Crippen LogP contribution in [-0.4, -0.2) is 61.8 Å². The summed E-state index contributed by atoms with van der Waals surface area (Å²) in [4.78, 5) is 13.7. The molecule has 13 unspecified atom stereocenters. The van der Waals surface area contributed by atoms with Crippen LogP contribution < -0.4 is 0 Å². The second-order valence-corrected chi connectivity index (χ2v) is 17.4. The van der Waals surface area contributed by atoms with Crippen molar-refractivity contribution in [2.24, 2.45) is 58.2 Å². The third-order valence-electron chi connectivity index (χ3n) is 15.5. The van der Waals surface area contributed by atoms with Crippen LogP contribution in [0.4, 0.5) is 0 Å². The first kappa shape index (κ1) is 31.0. The molecule has 5 N–H and O–H groups in total. The Bertz CT molecular complexity index is 1340. The van der Waals surface area contributed by atoms with Gasteiger partial charge in [-0.3, -0.25) is 4.79 Å². The number of ketones is 1. The Morgan fingerprint density at radius 3 is 2.44 bits per heavy atom. The highest BCUT2D eigenvalue weighted by Gasteiger charge is 2.70. The maximum absolute atomic E-state index is 13.7. The zero-order valence-corrected chi connectivity index (χ0v) is 27.7. The summed E-state index contributed by atoms with van der Waals surface area (Å²) >= 11 is 0.